The molecule has 0 aromatic carbocycles. The highest BCUT2D eigenvalue weighted by Gasteiger charge is 2.18. The molecule has 7 heteroatoms. The average Bonchev–Trinajstić information content (AvgIpc) is 2.07. The molecule has 0 saturated heterocycles. The molecule has 0 unspecified atom stereocenters. The molecule has 0 rings (SSSR count). The summed E-state index contributed by atoms with van der Waals surface area (Å²) in [4.78, 5) is 11.6. The Kier molecular flexibility index (Phi) is 6.08. The number of nitrogens with one attached hydrogen (secondary N) is 2. The van der Waals surface area contributed by atoms with Crippen LogP contribution in [0, 0.1) is 0 Å². The highest BCUT2D eigenvalue weighted by atomic mass is 32.2. The molecule has 0 bridgehead atoms. The molecule has 0 spiro atoms. The van der Waals surface area contributed by atoms with Crippen LogP contribution in [-0.4, -0.2) is 42.8 Å². The van der Waals surface area contributed by atoms with Gasteiger partial charge in [0, 0.05) is 5.54 Å². The van der Waals surface area contributed by atoms with Crippen LogP contribution in [0.1, 0.15) is 34.1 Å². The van der Waals surface area contributed by atoms with Crippen molar-refractivity contribution in [3.63, 3.8) is 0 Å². The number of rotatable bonds is 6. The van der Waals surface area contributed by atoms with Crippen LogP contribution >= 0.6 is 0 Å². The van der Waals surface area contributed by atoms with E-state index >= 15 is 0 Å². The Morgan fingerprint density at radius 2 is 1.88 bits per heavy atom. The largest absolute Gasteiger partial charge is 0.350 e. The lowest BCUT2D eigenvalue weighted by atomic mass is 10.1. The van der Waals surface area contributed by atoms with E-state index in [1.165, 1.54) is 0 Å². The molecule has 0 aliphatic heterocycles. The predicted molar refractivity (Wildman–Crippen MR) is 66.4 cm³/mol. The van der Waals surface area contributed by atoms with Crippen molar-refractivity contribution in [3.8, 4) is 0 Å². The fourth-order valence-corrected chi connectivity index (χ4v) is 1.65. The molecule has 0 aromatic heterocycles. The van der Waals surface area contributed by atoms with Crippen molar-refractivity contribution in [1.82, 2.24) is 10.6 Å². The molecule has 0 aliphatic rings. The van der Waals surface area contributed by atoms with Crippen LogP contribution in [0.3, 0.4) is 0 Å². The molecule has 0 fully saturated rings. The van der Waals surface area contributed by atoms with Crippen LogP contribution in [-0.2, 0) is 14.9 Å². The Labute approximate surface area is 103 Å². The number of carbonyl (C=O) groups is 1. The monoisotopic (exact) mass is 266 g/mol. The zero-order valence-corrected chi connectivity index (χ0v) is 11.6. The quantitative estimate of drug-likeness (QED) is 0.470. The van der Waals surface area contributed by atoms with Crippen molar-refractivity contribution >= 4 is 16.0 Å². The Morgan fingerprint density at radius 1 is 1.35 bits per heavy atom. The van der Waals surface area contributed by atoms with Crippen molar-refractivity contribution in [3.05, 3.63) is 0 Å². The number of amides is 1. The lowest BCUT2D eigenvalue weighted by Gasteiger charge is -2.23. The Hall–Kier alpha value is -0.660. The molecular weight excluding hydrogens is 244 g/mol. The van der Waals surface area contributed by atoms with Gasteiger partial charge in [0.1, 0.15) is 0 Å². The minimum absolute atomic E-state index is 0.135. The van der Waals surface area contributed by atoms with E-state index in [2.05, 4.69) is 10.6 Å². The molecular formula is C10H22N2O4S. The van der Waals surface area contributed by atoms with Crippen molar-refractivity contribution in [2.75, 3.05) is 12.3 Å². The normalized spacial score (nSPS) is 14.4. The lowest BCUT2D eigenvalue weighted by molar-refractivity contribution is -0.124. The first-order chi connectivity index (χ1) is 7.51. The van der Waals surface area contributed by atoms with E-state index in [4.69, 9.17) is 4.55 Å². The van der Waals surface area contributed by atoms with Gasteiger partial charge < -0.3 is 10.6 Å². The molecule has 102 valence electrons. The third-order valence-corrected chi connectivity index (χ3v) is 2.73. The second kappa shape index (κ2) is 6.32. The Balaban J connectivity index is 3.87. The van der Waals surface area contributed by atoms with E-state index in [0.29, 0.717) is 6.54 Å². The molecule has 0 radical (unpaired) electrons. The van der Waals surface area contributed by atoms with E-state index in [1.807, 2.05) is 20.8 Å². The highest BCUT2D eigenvalue weighted by molar-refractivity contribution is 7.85. The van der Waals surface area contributed by atoms with Gasteiger partial charge in [-0.2, -0.15) is 8.42 Å². The summed E-state index contributed by atoms with van der Waals surface area (Å²) in [7, 11) is -3.91. The van der Waals surface area contributed by atoms with Gasteiger partial charge in [0.15, 0.2) is 0 Å². The molecule has 6 nitrogen and oxygen atoms in total. The smallest absolute Gasteiger partial charge is 0.264 e. The number of hydrogen-bond acceptors (Lipinski definition) is 4. The van der Waals surface area contributed by atoms with Crippen LogP contribution in [0.5, 0.6) is 0 Å². The first-order valence-electron chi connectivity index (χ1n) is 5.52. The summed E-state index contributed by atoms with van der Waals surface area (Å²) in [5.41, 5.74) is -0.290. The van der Waals surface area contributed by atoms with Gasteiger partial charge in [0.2, 0.25) is 5.91 Å². The number of hydrogen-bond donors (Lipinski definition) is 3. The SMILES string of the molecule is C[C@H](NCCCS(=O)(=O)O)C(=O)NC(C)(C)C. The van der Waals surface area contributed by atoms with Crippen LogP contribution in [0.2, 0.25) is 0 Å². The topological polar surface area (TPSA) is 95.5 Å². The van der Waals surface area contributed by atoms with E-state index < -0.39 is 16.2 Å². The van der Waals surface area contributed by atoms with Gasteiger partial charge in [-0.25, -0.2) is 0 Å². The van der Waals surface area contributed by atoms with Gasteiger partial charge in [-0.15, -0.1) is 0 Å². The second-order valence-electron chi connectivity index (χ2n) is 5.05. The lowest BCUT2D eigenvalue weighted by Crippen LogP contribution is -2.49. The summed E-state index contributed by atoms with van der Waals surface area (Å²) in [6, 6.07) is -0.393. The standard InChI is InChI=1S/C10H22N2O4S/c1-8(9(13)12-10(2,3)4)11-6-5-7-17(14,15)16/h8,11H,5-7H2,1-4H3,(H,12,13)(H,14,15,16)/t8-/m0/s1. The van der Waals surface area contributed by atoms with Crippen LogP contribution < -0.4 is 10.6 Å². The number of carbonyl (C=O) groups excluding carboxylic acids is 1. The summed E-state index contributed by atoms with van der Waals surface area (Å²) in [6.07, 6.45) is 0.270. The molecule has 0 saturated carbocycles. The minimum atomic E-state index is -3.91. The summed E-state index contributed by atoms with van der Waals surface area (Å²) in [6.45, 7) is 7.72. The maximum Gasteiger partial charge on any atom is 0.264 e. The first kappa shape index (κ1) is 16.3. The molecule has 1 amide bonds. The van der Waals surface area contributed by atoms with Crippen LogP contribution in [0.15, 0.2) is 0 Å². The van der Waals surface area contributed by atoms with Crippen molar-refractivity contribution < 1.29 is 17.8 Å². The van der Waals surface area contributed by atoms with Gasteiger partial charge in [-0.05, 0) is 40.7 Å². The third kappa shape index (κ3) is 10.2. The molecule has 0 aliphatic carbocycles. The van der Waals surface area contributed by atoms with Gasteiger partial charge in [-0.1, -0.05) is 0 Å². The summed E-state index contributed by atoms with van der Waals surface area (Å²) in [5.74, 6) is -0.433. The fraction of sp³-hybridized carbons (Fsp3) is 0.900. The van der Waals surface area contributed by atoms with Crippen LogP contribution in [0.4, 0.5) is 0 Å². The zero-order valence-electron chi connectivity index (χ0n) is 10.8. The maximum atomic E-state index is 11.6. The van der Waals surface area contributed by atoms with E-state index in [9.17, 15) is 13.2 Å². The third-order valence-electron chi connectivity index (χ3n) is 1.92. The average molecular weight is 266 g/mol. The second-order valence-corrected chi connectivity index (χ2v) is 6.63. The van der Waals surface area contributed by atoms with Gasteiger partial charge in [0.05, 0.1) is 11.8 Å². The van der Waals surface area contributed by atoms with Gasteiger partial charge in [-0.3, -0.25) is 9.35 Å². The van der Waals surface area contributed by atoms with Crippen LogP contribution in [0.25, 0.3) is 0 Å². The minimum Gasteiger partial charge on any atom is -0.350 e. The Morgan fingerprint density at radius 3 is 2.29 bits per heavy atom. The molecule has 1 atom stereocenters. The van der Waals surface area contributed by atoms with Crippen molar-refractivity contribution in [2.24, 2.45) is 0 Å². The molecule has 0 heterocycles. The predicted octanol–water partition coefficient (Wildman–Crippen LogP) is 0.157. The summed E-state index contributed by atoms with van der Waals surface area (Å²) in [5, 5.41) is 5.70. The molecule has 17 heavy (non-hydrogen) atoms. The van der Waals surface area contributed by atoms with E-state index in [0.717, 1.165) is 0 Å². The van der Waals surface area contributed by atoms with Crippen molar-refractivity contribution in [1.29, 1.82) is 0 Å². The first-order valence-corrected chi connectivity index (χ1v) is 7.13. The van der Waals surface area contributed by atoms with E-state index in [1.54, 1.807) is 6.92 Å². The van der Waals surface area contributed by atoms with Gasteiger partial charge >= 0.3 is 0 Å². The summed E-state index contributed by atoms with van der Waals surface area (Å²) < 4.78 is 29.4. The van der Waals surface area contributed by atoms with E-state index in [-0.39, 0.29) is 23.6 Å². The Bertz CT molecular complexity index is 346. The maximum absolute atomic E-state index is 11.6. The molecule has 3 N–H and O–H groups in total. The molecule has 0 aromatic rings. The van der Waals surface area contributed by atoms with Gasteiger partial charge in [0.25, 0.3) is 10.1 Å². The fourth-order valence-electron chi connectivity index (χ4n) is 1.14. The van der Waals surface area contributed by atoms with Crippen molar-refractivity contribution in [2.45, 2.75) is 45.7 Å². The summed E-state index contributed by atoms with van der Waals surface area (Å²) >= 11 is 0. The highest BCUT2D eigenvalue weighted by Crippen LogP contribution is 1.99. The zero-order chi connectivity index (χ0) is 13.7.